The number of carbonyl (C=O) groups excluding carboxylic acids is 7. The van der Waals surface area contributed by atoms with Crippen molar-refractivity contribution in [2.75, 3.05) is 33.4 Å². The molecule has 64 heavy (non-hydrogen) atoms. The summed E-state index contributed by atoms with van der Waals surface area (Å²) >= 11 is 1.24. The lowest BCUT2D eigenvalue weighted by Gasteiger charge is -2.32. The Kier molecular flexibility index (Phi) is 16.9. The third-order valence-corrected chi connectivity index (χ3v) is 12.8. The smallest absolute Gasteiger partial charge is 0.334 e. The van der Waals surface area contributed by atoms with Gasteiger partial charge in [-0.05, 0) is 87.3 Å². The van der Waals surface area contributed by atoms with Crippen LogP contribution in [-0.2, 0) is 59.8 Å². The minimum absolute atomic E-state index is 0.0263. The predicted molar refractivity (Wildman–Crippen MR) is 231 cm³/mol. The van der Waals surface area contributed by atoms with Crippen LogP contribution >= 0.6 is 11.3 Å². The number of phenolic OH excluding ortho intramolecular Hbond substituents is 1. The fraction of sp³-hybridized carbons (Fsp3) is 0.524. The summed E-state index contributed by atoms with van der Waals surface area (Å²) in [6.45, 7) is 5.62. The van der Waals surface area contributed by atoms with E-state index in [2.05, 4.69) is 16.0 Å². The highest BCUT2D eigenvalue weighted by Crippen LogP contribution is 2.27. The number of fused-ring (bicyclic) bond motifs is 3. The highest BCUT2D eigenvalue weighted by atomic mass is 32.2. The molecule has 2 saturated heterocycles. The van der Waals surface area contributed by atoms with Gasteiger partial charge in [0.1, 0.15) is 41.5 Å². The Morgan fingerprint density at radius 3 is 2.42 bits per heavy atom. The molecular formula is C42H55N7O13S2. The fourth-order valence-corrected chi connectivity index (χ4v) is 9.17. The lowest BCUT2D eigenvalue weighted by atomic mass is 9.94. The largest absolute Gasteiger partial charge is 0.508 e. The molecule has 3 aliphatic heterocycles. The number of phenols is 1. The molecule has 20 nitrogen and oxygen atoms in total. The first-order valence-corrected chi connectivity index (χ1v) is 23.2. The average molecular weight is 930 g/mol. The molecule has 5 amide bonds. The molecule has 6 N–H and O–H groups in total. The van der Waals surface area contributed by atoms with E-state index in [0.29, 0.717) is 35.5 Å². The van der Waals surface area contributed by atoms with Gasteiger partial charge in [0, 0.05) is 31.2 Å². The molecule has 22 heteroatoms. The Morgan fingerprint density at radius 1 is 1.05 bits per heavy atom. The number of hydrogen-bond acceptors (Lipinski definition) is 14. The number of esters is 1. The zero-order valence-electron chi connectivity index (χ0n) is 36.2. The van der Waals surface area contributed by atoms with Crippen LogP contribution in [0.2, 0.25) is 0 Å². The first-order chi connectivity index (χ1) is 30.3. The molecule has 2 aromatic rings. The number of allylic oxidation sites excluding steroid dienone is 2. The number of hydrogen-bond donors (Lipinski definition) is 6. The van der Waals surface area contributed by atoms with Crippen molar-refractivity contribution in [3.63, 3.8) is 0 Å². The van der Waals surface area contributed by atoms with Gasteiger partial charge >= 0.3 is 16.3 Å². The topological polar surface area (TPSA) is 280 Å². The summed E-state index contributed by atoms with van der Waals surface area (Å²) < 4.78 is 45.0. The number of ketones is 1. The molecule has 4 heterocycles. The number of ether oxygens (including phenoxy) is 2. The van der Waals surface area contributed by atoms with Gasteiger partial charge in [-0.25, -0.2) is 9.78 Å². The van der Waals surface area contributed by atoms with Crippen LogP contribution in [0.4, 0.5) is 0 Å². The van der Waals surface area contributed by atoms with Gasteiger partial charge in [-0.2, -0.15) is 13.1 Å². The Bertz CT molecular complexity index is 2260. The third-order valence-electron chi connectivity index (χ3n) is 11.3. The van der Waals surface area contributed by atoms with Gasteiger partial charge in [0.15, 0.2) is 0 Å². The summed E-state index contributed by atoms with van der Waals surface area (Å²) in [5, 5.41) is 20.2. The van der Waals surface area contributed by atoms with E-state index in [9.17, 15) is 51.6 Å². The lowest BCUT2D eigenvalue weighted by molar-refractivity contribution is -0.149. The minimum Gasteiger partial charge on any atom is -0.508 e. The molecule has 348 valence electrons. The van der Waals surface area contributed by atoms with Crippen LogP contribution in [0.15, 0.2) is 46.9 Å². The van der Waals surface area contributed by atoms with Crippen LogP contribution in [0.3, 0.4) is 0 Å². The normalized spacial score (nSPS) is 25.7. The number of benzene rings is 1. The first-order valence-electron chi connectivity index (χ1n) is 20.9. The molecule has 0 spiro atoms. The highest BCUT2D eigenvalue weighted by molar-refractivity contribution is 7.83. The van der Waals surface area contributed by atoms with Gasteiger partial charge in [-0.3, -0.25) is 33.3 Å². The number of methoxy groups -OCH3 is 1. The first kappa shape index (κ1) is 49.5. The second kappa shape index (κ2) is 21.9. The van der Waals surface area contributed by atoms with E-state index in [4.69, 9.17) is 14.5 Å². The highest BCUT2D eigenvalue weighted by Gasteiger charge is 2.43. The standard InChI is InChI=1S/C42H55N7O13S2/c1-6-24(3)34-35(51)38(54)44-29(19-26-11-13-28(50)14-12-26)39-43-27(22-63-39)18-23(2)17-25(4)42(57)62-21-30(40(55)48-15-8-10-33(48)37(53)46-34)45-36(52)32-9-7-16-49(32)41(56)31(20-61-5)47-64(58,59)60/h11-14,17-18,22,24,29-34,47,50H,6-10,15-16,19-21H2,1-5H3,(H,44,54)(H,45,52)(H,46,53)(H,58,59,60)/b23-18-,25-17+/t24-,29+,30+,31-,32+,33+,34+/m1/s1. The van der Waals surface area contributed by atoms with E-state index in [0.717, 1.165) is 10.5 Å². The number of aromatic nitrogens is 1. The number of aromatic hydroxyl groups is 1. The number of likely N-dealkylation sites (tertiary alicyclic amines) is 1. The van der Waals surface area contributed by atoms with Crippen molar-refractivity contribution in [3.8, 4) is 5.75 Å². The van der Waals surface area contributed by atoms with E-state index >= 15 is 0 Å². The number of cyclic esters (lactones) is 1. The number of nitrogens with zero attached hydrogens (tertiary/aromatic N) is 3. The number of rotatable bonds is 11. The van der Waals surface area contributed by atoms with Crippen molar-refractivity contribution in [2.45, 2.75) is 102 Å². The molecule has 5 rings (SSSR count). The minimum atomic E-state index is -4.86. The molecule has 1 aromatic carbocycles. The molecule has 2 bridgehead atoms. The van der Waals surface area contributed by atoms with Crippen molar-refractivity contribution in [3.05, 3.63) is 63.1 Å². The average Bonchev–Trinajstić information content (AvgIpc) is 4.05. The summed E-state index contributed by atoms with van der Waals surface area (Å²) in [6, 6.07) is -1.27. The monoisotopic (exact) mass is 929 g/mol. The van der Waals surface area contributed by atoms with Crippen LogP contribution in [0, 0.1) is 5.92 Å². The predicted octanol–water partition coefficient (Wildman–Crippen LogP) is 1.13. The van der Waals surface area contributed by atoms with Gasteiger partial charge < -0.3 is 40.3 Å². The van der Waals surface area contributed by atoms with Crippen LogP contribution in [0.25, 0.3) is 6.08 Å². The maximum atomic E-state index is 14.5. The van der Waals surface area contributed by atoms with Gasteiger partial charge in [-0.15, -0.1) is 11.3 Å². The fourth-order valence-electron chi connectivity index (χ4n) is 7.82. The number of thiazole rings is 1. The van der Waals surface area contributed by atoms with Crippen molar-refractivity contribution in [1.82, 2.24) is 35.5 Å². The summed E-state index contributed by atoms with van der Waals surface area (Å²) in [5.41, 5.74) is 1.92. The summed E-state index contributed by atoms with van der Waals surface area (Å²) in [5.74, 6) is -6.43. The Morgan fingerprint density at radius 2 is 1.75 bits per heavy atom. The second-order valence-corrected chi connectivity index (χ2v) is 18.2. The number of carbonyl (C=O) groups is 7. The summed E-state index contributed by atoms with van der Waals surface area (Å²) in [7, 11) is -3.64. The second-order valence-electron chi connectivity index (χ2n) is 16.1. The van der Waals surface area contributed by atoms with E-state index < -0.39 is 107 Å². The molecule has 7 atom stereocenters. The number of amides is 5. The van der Waals surface area contributed by atoms with Crippen LogP contribution < -0.4 is 20.7 Å². The lowest BCUT2D eigenvalue weighted by Crippen LogP contribution is -2.60. The molecule has 1 aromatic heterocycles. The maximum absolute atomic E-state index is 14.5. The zero-order chi connectivity index (χ0) is 46.9. The van der Waals surface area contributed by atoms with E-state index in [1.807, 2.05) is 0 Å². The Hall–Kier alpha value is -5.55. The van der Waals surface area contributed by atoms with E-state index in [-0.39, 0.29) is 43.7 Å². The van der Waals surface area contributed by atoms with Crippen molar-refractivity contribution >= 4 is 69.0 Å². The van der Waals surface area contributed by atoms with Crippen molar-refractivity contribution < 1.29 is 61.1 Å². The maximum Gasteiger partial charge on any atom is 0.334 e. The Balaban J connectivity index is 1.48. The Labute approximate surface area is 375 Å². The number of Topliss-reactive ketones (excluding diaryl/α,β-unsaturated/α-hetero) is 1. The zero-order valence-corrected chi connectivity index (χ0v) is 37.8. The van der Waals surface area contributed by atoms with Gasteiger partial charge in [0.2, 0.25) is 29.4 Å². The molecule has 0 unspecified atom stereocenters. The molecule has 2 fully saturated rings. The number of nitrogens with one attached hydrogen (secondary N) is 4. The van der Waals surface area contributed by atoms with Gasteiger partial charge in [-0.1, -0.05) is 32.4 Å². The van der Waals surface area contributed by atoms with Crippen LogP contribution in [0.5, 0.6) is 5.75 Å². The SMILES string of the molecule is CC[C@@H](C)[C@@H]1NC(=O)[C@@H]2CCCN2C(=O)[C@@H](NC(=O)[C@@H]2CCCN2C(=O)[C@@H](COC)NS(=O)(=O)O)COC(=O)/C(C)=C/C(C)=C\c2csc(n2)[C@H](Cc2ccc(O)cc2)NC(=O)C1=O. The van der Waals surface area contributed by atoms with Crippen molar-refractivity contribution in [2.24, 2.45) is 5.92 Å². The van der Waals surface area contributed by atoms with Crippen molar-refractivity contribution in [1.29, 1.82) is 0 Å². The molecule has 0 saturated carbocycles. The van der Waals surface area contributed by atoms with Gasteiger partial charge in [0.05, 0.1) is 24.4 Å². The van der Waals surface area contributed by atoms with Gasteiger partial charge in [0.25, 0.3) is 5.91 Å². The molecular weight excluding hydrogens is 875 g/mol. The summed E-state index contributed by atoms with van der Waals surface area (Å²) in [6.07, 6.45) is 4.76. The van der Waals surface area contributed by atoms with Crippen LogP contribution in [0.1, 0.15) is 82.1 Å². The molecule has 0 radical (unpaired) electrons. The molecule has 3 aliphatic rings. The van der Waals surface area contributed by atoms with E-state index in [1.54, 1.807) is 49.1 Å². The van der Waals surface area contributed by atoms with E-state index in [1.165, 1.54) is 48.5 Å². The molecule has 0 aliphatic carbocycles. The van der Waals surface area contributed by atoms with Crippen LogP contribution in [-0.4, -0.2) is 138 Å². The third kappa shape index (κ3) is 12.8. The quantitative estimate of drug-likeness (QED) is 0.105. The summed E-state index contributed by atoms with van der Waals surface area (Å²) in [4.78, 5) is 104.